The zero-order valence-electron chi connectivity index (χ0n) is 36.5. The molecule has 6 atom stereocenters. The molecule has 0 bridgehead atoms. The van der Waals surface area contributed by atoms with Gasteiger partial charge in [0, 0.05) is 12.5 Å². The van der Waals surface area contributed by atoms with Crippen molar-refractivity contribution >= 4 is 22.1 Å². The van der Waals surface area contributed by atoms with E-state index in [0.29, 0.717) is 12.8 Å². The van der Waals surface area contributed by atoms with Crippen molar-refractivity contribution in [3.8, 4) is 0 Å². The maximum atomic E-state index is 12.8. The summed E-state index contributed by atoms with van der Waals surface area (Å²) in [6, 6.07) is 0. The van der Waals surface area contributed by atoms with Gasteiger partial charge in [-0.3, -0.25) is 9.35 Å². The molecular weight excluding hydrogens is 789 g/mol. The molecule has 1 aliphatic rings. The molecule has 0 aromatic rings. The Morgan fingerprint density at radius 1 is 0.617 bits per heavy atom. The lowest BCUT2D eigenvalue weighted by Crippen LogP contribution is -2.60. The number of aliphatic hydroxyl groups excluding tert-OH is 3. The largest absolute Gasteiger partial charge is 0.458 e. The van der Waals surface area contributed by atoms with E-state index in [1.54, 1.807) is 12.2 Å². The summed E-state index contributed by atoms with van der Waals surface area (Å²) in [7, 11) is -4.62. The number of carbonyl (C=O) groups excluding carboxylic acids is 2. The van der Waals surface area contributed by atoms with Crippen molar-refractivity contribution in [1.82, 2.24) is 0 Å². The van der Waals surface area contributed by atoms with Crippen molar-refractivity contribution in [3.63, 3.8) is 0 Å². The molecule has 13 heteroatoms. The lowest BCUT2D eigenvalue weighted by Gasteiger charge is -2.40. The third-order valence-electron chi connectivity index (χ3n) is 9.86. The van der Waals surface area contributed by atoms with Crippen molar-refractivity contribution < 1.29 is 56.8 Å². The Bertz CT molecular complexity index is 1390. The molecule has 0 saturated carbocycles. The average molecular weight is 867 g/mol. The van der Waals surface area contributed by atoms with Crippen LogP contribution < -0.4 is 0 Å². The Balaban J connectivity index is 2.56. The molecule has 12 nitrogen and oxygen atoms in total. The highest BCUT2D eigenvalue weighted by atomic mass is 32.2. The molecule has 1 aliphatic heterocycles. The molecule has 0 radical (unpaired) electrons. The zero-order chi connectivity index (χ0) is 44.1. The summed E-state index contributed by atoms with van der Waals surface area (Å²) in [6.07, 6.45) is 37.3. The van der Waals surface area contributed by atoms with Crippen LogP contribution in [0.1, 0.15) is 155 Å². The van der Waals surface area contributed by atoms with E-state index in [2.05, 4.69) is 50.3 Å². The van der Waals surface area contributed by atoms with Gasteiger partial charge in [-0.1, -0.05) is 158 Å². The minimum Gasteiger partial charge on any atom is -0.458 e. The molecule has 2 unspecified atom stereocenters. The summed E-state index contributed by atoms with van der Waals surface area (Å²) in [5, 5.41) is 30.8. The number of hydrogen-bond donors (Lipinski definition) is 4. The molecule has 0 aromatic carbocycles. The maximum absolute atomic E-state index is 12.8. The van der Waals surface area contributed by atoms with Gasteiger partial charge in [0.2, 0.25) is 0 Å². The Labute approximate surface area is 361 Å². The van der Waals surface area contributed by atoms with Gasteiger partial charge >= 0.3 is 11.9 Å². The van der Waals surface area contributed by atoms with Crippen LogP contribution in [0.2, 0.25) is 0 Å². The first kappa shape index (κ1) is 55.1. The fourth-order valence-electron chi connectivity index (χ4n) is 6.35. The van der Waals surface area contributed by atoms with Crippen molar-refractivity contribution in [2.24, 2.45) is 0 Å². The van der Waals surface area contributed by atoms with Crippen molar-refractivity contribution in [3.05, 3.63) is 72.9 Å². The molecule has 1 saturated heterocycles. The molecule has 0 spiro atoms. The second-order valence-corrected chi connectivity index (χ2v) is 16.9. The van der Waals surface area contributed by atoms with Crippen LogP contribution in [0.3, 0.4) is 0 Å². The summed E-state index contributed by atoms with van der Waals surface area (Å²) >= 11 is 0. The maximum Gasteiger partial charge on any atom is 0.330 e. The van der Waals surface area contributed by atoms with Gasteiger partial charge in [0.15, 0.2) is 12.4 Å². The lowest BCUT2D eigenvalue weighted by molar-refractivity contribution is -0.297. The van der Waals surface area contributed by atoms with Crippen LogP contribution in [-0.4, -0.2) is 96.0 Å². The Kier molecular flexibility index (Phi) is 33.7. The second kappa shape index (κ2) is 36.7. The summed E-state index contributed by atoms with van der Waals surface area (Å²) in [5.74, 6) is -2.33. The predicted octanol–water partition coefficient (Wildman–Crippen LogP) is 9.11. The van der Waals surface area contributed by atoms with E-state index >= 15 is 0 Å². The van der Waals surface area contributed by atoms with E-state index in [1.807, 2.05) is 18.2 Å². The quantitative estimate of drug-likeness (QED) is 0.0117. The Hall–Kier alpha value is -2.91. The molecule has 0 amide bonds. The van der Waals surface area contributed by atoms with Gasteiger partial charge in [-0.15, -0.1) is 0 Å². The fourth-order valence-corrected chi connectivity index (χ4v) is 7.04. The van der Waals surface area contributed by atoms with Gasteiger partial charge < -0.3 is 34.3 Å². The molecule has 344 valence electrons. The first-order valence-corrected chi connectivity index (χ1v) is 24.1. The molecule has 0 aromatic heterocycles. The third-order valence-corrected chi connectivity index (χ3v) is 10.6. The fraction of sp³-hybridized carbons (Fsp3) is 0.702. The number of allylic oxidation sites excluding steroid dienone is 11. The lowest BCUT2D eigenvalue weighted by atomic mass is 10.00. The average Bonchev–Trinajstić information content (AvgIpc) is 3.21. The van der Waals surface area contributed by atoms with Gasteiger partial charge in [-0.2, -0.15) is 8.42 Å². The normalized spacial score (nSPS) is 20.8. The van der Waals surface area contributed by atoms with Crippen molar-refractivity contribution in [1.29, 1.82) is 0 Å². The standard InChI is InChI=1S/C47H78O12S/c1-3-5-7-9-11-13-15-17-19-20-22-24-26-28-30-32-34-36-43(49)58-40(38-57-47-46(52)45(51)44(50)41(59-47)39-60(53,54)55)37-56-42(48)35-33-31-29-27-25-23-21-18-16-14-12-10-8-6-4-2/h11,13,17,19,22,24,28-31,33,35,40-41,44-47,50-52H,3-10,12,14-16,18,20-21,23,25-27,32,34,36-39H2,1-2H3,(H,53,54,55)/b13-11+,19-17+,24-22+,30-28+,31-29+,35-33+/t40-,41-,44-,45?,46?,47+/m1/s1. The summed E-state index contributed by atoms with van der Waals surface area (Å²) in [6.45, 7) is 3.57. The molecule has 1 rings (SSSR count). The number of hydrogen-bond acceptors (Lipinski definition) is 11. The smallest absolute Gasteiger partial charge is 0.330 e. The molecule has 1 heterocycles. The first-order valence-electron chi connectivity index (χ1n) is 22.5. The highest BCUT2D eigenvalue weighted by Crippen LogP contribution is 2.24. The van der Waals surface area contributed by atoms with Gasteiger partial charge in [0.05, 0.1) is 6.61 Å². The van der Waals surface area contributed by atoms with Crippen molar-refractivity contribution in [2.45, 2.75) is 192 Å². The number of ether oxygens (including phenoxy) is 4. The SMILES string of the molecule is CCCCC/C=C/C/C=C/C/C=C/C/C=C/CCCC(=O)O[C@H](COC(=O)/C=C/C=C/CCCCCCCCCCCCC)CO[C@H]1O[C@H](CS(=O)(=O)O)[C@@H](O)C(O)C1O. The van der Waals surface area contributed by atoms with Gasteiger partial charge in [-0.25, -0.2) is 4.79 Å². The molecular formula is C47H78O12S. The summed E-state index contributed by atoms with van der Waals surface area (Å²) in [5.41, 5.74) is 0. The predicted molar refractivity (Wildman–Crippen MR) is 238 cm³/mol. The van der Waals surface area contributed by atoms with E-state index in [0.717, 1.165) is 38.5 Å². The molecule has 0 aliphatic carbocycles. The molecule has 60 heavy (non-hydrogen) atoms. The Morgan fingerprint density at radius 3 is 1.70 bits per heavy atom. The van der Waals surface area contributed by atoms with Crippen LogP contribution in [0.25, 0.3) is 0 Å². The Morgan fingerprint density at radius 2 is 1.12 bits per heavy atom. The third kappa shape index (κ3) is 31.0. The van der Waals surface area contributed by atoms with E-state index in [-0.39, 0.29) is 6.42 Å². The van der Waals surface area contributed by atoms with E-state index in [4.69, 9.17) is 18.9 Å². The van der Waals surface area contributed by atoms with Crippen LogP contribution in [0, 0.1) is 0 Å². The zero-order valence-corrected chi connectivity index (χ0v) is 37.3. The highest BCUT2D eigenvalue weighted by molar-refractivity contribution is 7.85. The van der Waals surface area contributed by atoms with Crippen LogP contribution in [0.15, 0.2) is 72.9 Å². The number of unbranched alkanes of at least 4 members (excludes halogenated alkanes) is 15. The minimum absolute atomic E-state index is 0.0657. The van der Waals surface area contributed by atoms with Gasteiger partial charge in [0.25, 0.3) is 10.1 Å². The first-order chi connectivity index (χ1) is 29.0. The number of aliphatic hydroxyl groups is 3. The second-order valence-electron chi connectivity index (χ2n) is 15.4. The van der Waals surface area contributed by atoms with Crippen LogP contribution in [0.4, 0.5) is 0 Å². The monoisotopic (exact) mass is 867 g/mol. The van der Waals surface area contributed by atoms with Crippen molar-refractivity contribution in [2.75, 3.05) is 19.0 Å². The number of rotatable bonds is 36. The summed E-state index contributed by atoms with van der Waals surface area (Å²) in [4.78, 5) is 25.2. The number of carbonyl (C=O) groups is 2. The molecule has 4 N–H and O–H groups in total. The minimum atomic E-state index is -4.62. The van der Waals surface area contributed by atoms with Crippen LogP contribution >= 0.6 is 0 Å². The summed E-state index contributed by atoms with van der Waals surface area (Å²) < 4.78 is 53.8. The van der Waals surface area contributed by atoms with Crippen LogP contribution in [-0.2, 0) is 38.7 Å². The van der Waals surface area contributed by atoms with Gasteiger partial charge in [-0.05, 0) is 57.8 Å². The molecule has 1 fully saturated rings. The number of esters is 2. The van der Waals surface area contributed by atoms with Crippen LogP contribution in [0.5, 0.6) is 0 Å². The van der Waals surface area contributed by atoms with E-state index < -0.39 is 77.8 Å². The van der Waals surface area contributed by atoms with E-state index in [1.165, 1.54) is 89.5 Å². The highest BCUT2D eigenvalue weighted by Gasteiger charge is 2.46. The topological polar surface area (TPSA) is 186 Å². The van der Waals surface area contributed by atoms with Gasteiger partial charge in [0.1, 0.15) is 36.8 Å². The van der Waals surface area contributed by atoms with E-state index in [9.17, 15) is 37.9 Å².